The zero-order valence-electron chi connectivity index (χ0n) is 7.34. The zero-order valence-corrected chi connectivity index (χ0v) is 7.34. The Kier molecular flexibility index (Phi) is 4.06. The molecule has 0 amide bonds. The van der Waals surface area contributed by atoms with Gasteiger partial charge in [0.2, 0.25) is 0 Å². The van der Waals surface area contributed by atoms with Crippen molar-refractivity contribution >= 4 is 11.9 Å². The zero-order chi connectivity index (χ0) is 12.3. The van der Waals surface area contributed by atoms with E-state index in [1.54, 1.807) is 0 Å². The molecule has 0 aliphatic heterocycles. The average Bonchev–Trinajstić information content (AvgIpc) is 2.02. The Labute approximate surface area is 81.5 Å². The number of carbonyl (C=O) groups is 2. The summed E-state index contributed by atoms with van der Waals surface area (Å²) in [6.07, 6.45) is -3.52. The number of halogens is 4. The van der Waals surface area contributed by atoms with Gasteiger partial charge in [0.15, 0.2) is 0 Å². The highest BCUT2D eigenvalue weighted by molar-refractivity contribution is 5.75. The lowest BCUT2D eigenvalue weighted by molar-refractivity contribution is -0.169. The van der Waals surface area contributed by atoms with Gasteiger partial charge < -0.3 is 10.2 Å². The third-order valence-electron chi connectivity index (χ3n) is 1.61. The number of rotatable bonds is 6. The normalized spacial score (nSPS) is 12.5. The van der Waals surface area contributed by atoms with Gasteiger partial charge in [-0.3, -0.25) is 0 Å². The smallest absolute Gasteiger partial charge is 0.374 e. The molecule has 0 spiro atoms. The number of hydrogen-bond acceptors (Lipinski definition) is 2. The maximum Gasteiger partial charge on any atom is 0.374 e. The van der Waals surface area contributed by atoms with Crippen LogP contribution in [0.4, 0.5) is 17.6 Å². The van der Waals surface area contributed by atoms with Crippen molar-refractivity contribution in [2.45, 2.75) is 31.1 Å². The highest BCUT2D eigenvalue weighted by Crippen LogP contribution is 2.27. The summed E-state index contributed by atoms with van der Waals surface area (Å²) in [4.78, 5) is 19.7. The number of aliphatic carboxylic acids is 2. The first kappa shape index (κ1) is 13.7. The summed E-state index contributed by atoms with van der Waals surface area (Å²) < 4.78 is 49.3. The number of hydrogen-bond donors (Lipinski definition) is 2. The van der Waals surface area contributed by atoms with Crippen molar-refractivity contribution in [3.8, 4) is 0 Å². The molecule has 4 nitrogen and oxygen atoms in total. The molecule has 0 saturated heterocycles. The molecule has 0 saturated carbocycles. The van der Waals surface area contributed by atoms with Crippen LogP contribution in [-0.4, -0.2) is 34.0 Å². The predicted octanol–water partition coefficient (Wildman–Crippen LogP) is 1.60. The molecule has 0 aromatic rings. The Morgan fingerprint density at radius 1 is 0.867 bits per heavy atom. The van der Waals surface area contributed by atoms with Crippen LogP contribution < -0.4 is 0 Å². The Morgan fingerprint density at radius 2 is 1.13 bits per heavy atom. The second-order valence-electron chi connectivity index (χ2n) is 2.87. The molecule has 2 N–H and O–H groups in total. The number of carboxylic acid groups (broad SMARTS) is 2. The van der Waals surface area contributed by atoms with Crippen LogP contribution in [0.5, 0.6) is 0 Å². The standard InChI is InChI=1S/C7H8F4O4/c8-6(9,4(12)13)2-1-3-7(10,11)5(14)15/h1-3H2,(H,12,13)(H,14,15). The predicted molar refractivity (Wildman–Crippen MR) is 39.0 cm³/mol. The van der Waals surface area contributed by atoms with Crippen molar-refractivity contribution < 1.29 is 37.4 Å². The van der Waals surface area contributed by atoms with Crippen molar-refractivity contribution in [1.82, 2.24) is 0 Å². The summed E-state index contributed by atoms with van der Waals surface area (Å²) in [7, 11) is 0. The first-order valence-corrected chi connectivity index (χ1v) is 3.82. The molecule has 0 heterocycles. The Bertz CT molecular complexity index is 238. The van der Waals surface area contributed by atoms with E-state index in [1.165, 1.54) is 0 Å². The summed E-state index contributed by atoms with van der Waals surface area (Å²) in [5, 5.41) is 15.9. The molecule has 15 heavy (non-hydrogen) atoms. The summed E-state index contributed by atoms with van der Waals surface area (Å²) >= 11 is 0. The van der Waals surface area contributed by atoms with Crippen LogP contribution in [0.25, 0.3) is 0 Å². The summed E-state index contributed by atoms with van der Waals surface area (Å²) in [5.41, 5.74) is 0. The minimum atomic E-state index is -4.10. The lowest BCUT2D eigenvalue weighted by atomic mass is 10.1. The van der Waals surface area contributed by atoms with Gasteiger partial charge in [0, 0.05) is 12.8 Å². The Morgan fingerprint density at radius 3 is 1.33 bits per heavy atom. The van der Waals surface area contributed by atoms with Crippen LogP contribution in [0, 0.1) is 0 Å². The minimum absolute atomic E-state index is 0.890. The second kappa shape index (κ2) is 4.45. The third-order valence-corrected chi connectivity index (χ3v) is 1.61. The van der Waals surface area contributed by atoms with Gasteiger partial charge in [-0.05, 0) is 6.42 Å². The van der Waals surface area contributed by atoms with E-state index in [0.717, 1.165) is 0 Å². The maximum absolute atomic E-state index is 12.3. The van der Waals surface area contributed by atoms with Crippen LogP contribution in [0.1, 0.15) is 19.3 Å². The van der Waals surface area contributed by atoms with E-state index in [0.29, 0.717) is 0 Å². The molecule has 0 bridgehead atoms. The molecule has 0 aromatic carbocycles. The quantitative estimate of drug-likeness (QED) is 0.682. The molecule has 0 unspecified atom stereocenters. The van der Waals surface area contributed by atoms with Crippen molar-refractivity contribution in [1.29, 1.82) is 0 Å². The highest BCUT2D eigenvalue weighted by atomic mass is 19.3. The van der Waals surface area contributed by atoms with Gasteiger partial charge in [0.05, 0.1) is 0 Å². The maximum atomic E-state index is 12.3. The van der Waals surface area contributed by atoms with Gasteiger partial charge in [-0.15, -0.1) is 0 Å². The van der Waals surface area contributed by atoms with Gasteiger partial charge in [-0.25, -0.2) is 9.59 Å². The van der Waals surface area contributed by atoms with Crippen LogP contribution in [0.2, 0.25) is 0 Å². The van der Waals surface area contributed by atoms with E-state index >= 15 is 0 Å². The first-order valence-electron chi connectivity index (χ1n) is 3.82. The summed E-state index contributed by atoms with van der Waals surface area (Å²) in [6, 6.07) is 0. The van der Waals surface area contributed by atoms with E-state index in [9.17, 15) is 27.2 Å². The van der Waals surface area contributed by atoms with Crippen molar-refractivity contribution in [2.75, 3.05) is 0 Å². The van der Waals surface area contributed by atoms with Gasteiger partial charge in [-0.1, -0.05) is 0 Å². The van der Waals surface area contributed by atoms with Crippen LogP contribution in [0.3, 0.4) is 0 Å². The molecule has 0 radical (unpaired) electrons. The molecule has 8 heteroatoms. The lowest BCUT2D eigenvalue weighted by Crippen LogP contribution is -2.31. The molecule has 0 aliphatic rings. The molecular formula is C7H8F4O4. The fraction of sp³-hybridized carbons (Fsp3) is 0.714. The van der Waals surface area contributed by atoms with Crippen molar-refractivity contribution in [2.24, 2.45) is 0 Å². The van der Waals surface area contributed by atoms with E-state index in [2.05, 4.69) is 0 Å². The third kappa shape index (κ3) is 4.13. The van der Waals surface area contributed by atoms with Crippen LogP contribution in [0.15, 0.2) is 0 Å². The van der Waals surface area contributed by atoms with Crippen molar-refractivity contribution in [3.05, 3.63) is 0 Å². The second-order valence-corrected chi connectivity index (χ2v) is 2.87. The topological polar surface area (TPSA) is 74.6 Å². The largest absolute Gasteiger partial charge is 0.477 e. The molecule has 0 aromatic heterocycles. The molecule has 0 rings (SSSR count). The van der Waals surface area contributed by atoms with Gasteiger partial charge >= 0.3 is 23.8 Å². The summed E-state index contributed by atoms with van der Waals surface area (Å²) in [5.74, 6) is -13.0. The molecule has 88 valence electrons. The Balaban J connectivity index is 4.11. The molecule has 0 atom stereocenters. The highest BCUT2D eigenvalue weighted by Gasteiger charge is 2.42. The average molecular weight is 232 g/mol. The fourth-order valence-corrected chi connectivity index (χ4v) is 0.746. The van der Waals surface area contributed by atoms with Crippen LogP contribution >= 0.6 is 0 Å². The molecular weight excluding hydrogens is 224 g/mol. The number of carboxylic acids is 2. The monoisotopic (exact) mass is 232 g/mol. The first-order chi connectivity index (χ1) is 6.59. The van der Waals surface area contributed by atoms with E-state index in [1.807, 2.05) is 0 Å². The SMILES string of the molecule is O=C(O)C(F)(F)CCCC(F)(F)C(=O)O. The van der Waals surface area contributed by atoms with E-state index in [4.69, 9.17) is 10.2 Å². The van der Waals surface area contributed by atoms with E-state index in [-0.39, 0.29) is 0 Å². The Hall–Kier alpha value is -1.34. The van der Waals surface area contributed by atoms with Gasteiger partial charge in [0.1, 0.15) is 0 Å². The fourth-order valence-electron chi connectivity index (χ4n) is 0.746. The van der Waals surface area contributed by atoms with Crippen LogP contribution in [-0.2, 0) is 9.59 Å². The van der Waals surface area contributed by atoms with E-state index < -0.39 is 43.0 Å². The number of alkyl halides is 4. The lowest BCUT2D eigenvalue weighted by Gasteiger charge is -2.13. The van der Waals surface area contributed by atoms with Crippen molar-refractivity contribution in [3.63, 3.8) is 0 Å². The minimum Gasteiger partial charge on any atom is -0.477 e. The van der Waals surface area contributed by atoms with Gasteiger partial charge in [-0.2, -0.15) is 17.6 Å². The summed E-state index contributed by atoms with van der Waals surface area (Å²) in [6.45, 7) is 0. The molecule has 0 fully saturated rings. The van der Waals surface area contributed by atoms with Gasteiger partial charge in [0.25, 0.3) is 0 Å². The molecule has 0 aliphatic carbocycles.